The molecule has 2 rings (SSSR count). The smallest absolute Gasteiger partial charge is 0.149 e. The number of hydrogen-bond acceptors (Lipinski definition) is 3. The van der Waals surface area contributed by atoms with Gasteiger partial charge in [0.25, 0.3) is 0 Å². The Morgan fingerprint density at radius 1 is 1.25 bits per heavy atom. The second-order valence-corrected chi connectivity index (χ2v) is 4.36. The molecular formula is C12H12FNOS. The van der Waals surface area contributed by atoms with Crippen LogP contribution < -0.4 is 10.5 Å². The van der Waals surface area contributed by atoms with Gasteiger partial charge in [-0.1, -0.05) is 12.1 Å². The van der Waals surface area contributed by atoms with Gasteiger partial charge in [-0.2, -0.15) is 0 Å². The molecule has 0 aliphatic rings. The largest absolute Gasteiger partial charge is 0.491 e. The van der Waals surface area contributed by atoms with Crippen LogP contribution in [0.4, 0.5) is 10.1 Å². The summed E-state index contributed by atoms with van der Waals surface area (Å²) in [5, 5.41) is 2.02. The van der Waals surface area contributed by atoms with Crippen molar-refractivity contribution < 1.29 is 9.13 Å². The maximum absolute atomic E-state index is 13.1. The van der Waals surface area contributed by atoms with Gasteiger partial charge in [-0.15, -0.1) is 11.3 Å². The van der Waals surface area contributed by atoms with Crippen LogP contribution in [0.5, 0.6) is 5.75 Å². The Labute approximate surface area is 97.5 Å². The summed E-state index contributed by atoms with van der Waals surface area (Å²) < 4.78 is 18.5. The summed E-state index contributed by atoms with van der Waals surface area (Å²) in [6.07, 6.45) is 0.813. The van der Waals surface area contributed by atoms with Gasteiger partial charge in [0.1, 0.15) is 17.3 Å². The molecule has 0 radical (unpaired) electrons. The SMILES string of the molecule is Nc1c(F)cccc1OCCc1cccs1. The van der Waals surface area contributed by atoms with Crippen molar-refractivity contribution >= 4 is 17.0 Å². The summed E-state index contributed by atoms with van der Waals surface area (Å²) >= 11 is 1.68. The molecule has 2 nitrogen and oxygen atoms in total. The lowest BCUT2D eigenvalue weighted by Gasteiger charge is -2.08. The zero-order chi connectivity index (χ0) is 11.4. The van der Waals surface area contributed by atoms with E-state index in [1.807, 2.05) is 17.5 Å². The van der Waals surface area contributed by atoms with Crippen molar-refractivity contribution in [3.05, 3.63) is 46.4 Å². The van der Waals surface area contributed by atoms with Crippen LogP contribution in [0.3, 0.4) is 0 Å². The van der Waals surface area contributed by atoms with Crippen LogP contribution in [0.25, 0.3) is 0 Å². The first-order valence-electron chi connectivity index (χ1n) is 4.96. The molecule has 16 heavy (non-hydrogen) atoms. The van der Waals surface area contributed by atoms with Gasteiger partial charge in [-0.25, -0.2) is 4.39 Å². The number of thiophene rings is 1. The number of anilines is 1. The lowest BCUT2D eigenvalue weighted by atomic mass is 10.3. The zero-order valence-corrected chi connectivity index (χ0v) is 9.47. The summed E-state index contributed by atoms with van der Waals surface area (Å²) in [5.74, 6) is -0.0230. The molecule has 0 fully saturated rings. The van der Waals surface area contributed by atoms with Crippen LogP contribution in [-0.4, -0.2) is 6.61 Å². The summed E-state index contributed by atoms with van der Waals surface area (Å²) in [6, 6.07) is 8.62. The van der Waals surface area contributed by atoms with E-state index in [0.717, 1.165) is 6.42 Å². The van der Waals surface area contributed by atoms with Crippen LogP contribution in [0.1, 0.15) is 4.88 Å². The Kier molecular flexibility index (Phi) is 3.41. The van der Waals surface area contributed by atoms with E-state index in [2.05, 4.69) is 0 Å². The molecule has 1 aromatic carbocycles. The molecule has 2 aromatic rings. The van der Waals surface area contributed by atoms with E-state index in [1.54, 1.807) is 23.5 Å². The second-order valence-electron chi connectivity index (χ2n) is 3.33. The van der Waals surface area contributed by atoms with Crippen molar-refractivity contribution in [1.82, 2.24) is 0 Å². The van der Waals surface area contributed by atoms with Gasteiger partial charge in [-0.3, -0.25) is 0 Å². The predicted molar refractivity (Wildman–Crippen MR) is 64.3 cm³/mol. The van der Waals surface area contributed by atoms with E-state index in [0.29, 0.717) is 12.4 Å². The van der Waals surface area contributed by atoms with Gasteiger partial charge in [0.2, 0.25) is 0 Å². The Morgan fingerprint density at radius 2 is 2.12 bits per heavy atom. The fraction of sp³-hybridized carbons (Fsp3) is 0.167. The van der Waals surface area contributed by atoms with Crippen LogP contribution >= 0.6 is 11.3 Å². The Morgan fingerprint density at radius 3 is 2.88 bits per heavy atom. The minimum Gasteiger partial charge on any atom is -0.491 e. The number of hydrogen-bond donors (Lipinski definition) is 1. The van der Waals surface area contributed by atoms with Crippen LogP contribution in [0.15, 0.2) is 35.7 Å². The molecule has 0 spiro atoms. The van der Waals surface area contributed by atoms with Gasteiger partial charge >= 0.3 is 0 Å². The van der Waals surface area contributed by atoms with Gasteiger partial charge in [0, 0.05) is 11.3 Å². The van der Waals surface area contributed by atoms with E-state index in [4.69, 9.17) is 10.5 Å². The number of ether oxygens (including phenoxy) is 1. The molecule has 0 aliphatic heterocycles. The van der Waals surface area contributed by atoms with Crippen molar-refractivity contribution in [1.29, 1.82) is 0 Å². The van der Waals surface area contributed by atoms with Crippen LogP contribution in [-0.2, 0) is 6.42 Å². The van der Waals surface area contributed by atoms with E-state index < -0.39 is 5.82 Å². The van der Waals surface area contributed by atoms with Crippen LogP contribution in [0.2, 0.25) is 0 Å². The third-order valence-corrected chi connectivity index (χ3v) is 3.14. The third-order valence-electron chi connectivity index (χ3n) is 2.20. The molecule has 0 saturated heterocycles. The molecule has 0 saturated carbocycles. The second kappa shape index (κ2) is 4.99. The van der Waals surface area contributed by atoms with Gasteiger partial charge < -0.3 is 10.5 Å². The predicted octanol–water partition coefficient (Wildman–Crippen LogP) is 3.09. The van der Waals surface area contributed by atoms with E-state index >= 15 is 0 Å². The lowest BCUT2D eigenvalue weighted by molar-refractivity contribution is 0.323. The van der Waals surface area contributed by atoms with Crippen molar-refractivity contribution in [2.45, 2.75) is 6.42 Å². The van der Waals surface area contributed by atoms with Crippen molar-refractivity contribution in [3.63, 3.8) is 0 Å². The standard InChI is InChI=1S/C12H12FNOS/c13-10-4-1-5-11(12(10)14)15-7-6-9-3-2-8-16-9/h1-5,8H,6-7,14H2. The molecule has 0 atom stereocenters. The highest BCUT2D eigenvalue weighted by Crippen LogP contribution is 2.23. The average molecular weight is 237 g/mol. The summed E-state index contributed by atoms with van der Waals surface area (Å²) in [6.45, 7) is 0.508. The summed E-state index contributed by atoms with van der Waals surface area (Å²) in [4.78, 5) is 1.25. The Hall–Kier alpha value is -1.55. The first-order chi connectivity index (χ1) is 7.77. The fourth-order valence-electron chi connectivity index (χ4n) is 1.36. The number of halogens is 1. The lowest BCUT2D eigenvalue weighted by Crippen LogP contribution is -2.03. The van der Waals surface area contributed by atoms with E-state index in [1.165, 1.54) is 10.9 Å². The first-order valence-corrected chi connectivity index (χ1v) is 5.84. The van der Waals surface area contributed by atoms with Gasteiger partial charge in [0.05, 0.1) is 6.61 Å². The molecule has 0 unspecified atom stereocenters. The molecule has 0 amide bonds. The highest BCUT2D eigenvalue weighted by atomic mass is 32.1. The molecule has 0 bridgehead atoms. The quantitative estimate of drug-likeness (QED) is 0.829. The zero-order valence-electron chi connectivity index (χ0n) is 8.65. The number of para-hydroxylation sites is 1. The number of benzene rings is 1. The third kappa shape index (κ3) is 2.52. The molecule has 4 heteroatoms. The highest BCUT2D eigenvalue weighted by molar-refractivity contribution is 7.09. The number of nitrogen functional groups attached to an aromatic ring is 1. The van der Waals surface area contributed by atoms with Crippen molar-refractivity contribution in [3.8, 4) is 5.75 Å². The molecular weight excluding hydrogens is 225 g/mol. The van der Waals surface area contributed by atoms with Crippen molar-refractivity contribution in [2.75, 3.05) is 12.3 Å². The maximum Gasteiger partial charge on any atom is 0.149 e. The molecule has 1 heterocycles. The topological polar surface area (TPSA) is 35.2 Å². The monoisotopic (exact) mass is 237 g/mol. The highest BCUT2D eigenvalue weighted by Gasteiger charge is 2.05. The summed E-state index contributed by atoms with van der Waals surface area (Å²) in [7, 11) is 0. The van der Waals surface area contributed by atoms with Gasteiger partial charge in [0.15, 0.2) is 0 Å². The minimum absolute atomic E-state index is 0.0775. The van der Waals surface area contributed by atoms with Crippen LogP contribution in [0, 0.1) is 5.82 Å². The van der Waals surface area contributed by atoms with E-state index in [9.17, 15) is 4.39 Å². The fourth-order valence-corrected chi connectivity index (χ4v) is 2.05. The van der Waals surface area contributed by atoms with E-state index in [-0.39, 0.29) is 5.69 Å². The molecule has 0 aliphatic carbocycles. The normalized spacial score (nSPS) is 10.3. The minimum atomic E-state index is -0.436. The summed E-state index contributed by atoms with van der Waals surface area (Å²) in [5.41, 5.74) is 5.62. The maximum atomic E-state index is 13.1. The molecule has 84 valence electrons. The number of nitrogens with two attached hydrogens (primary N) is 1. The molecule has 1 aromatic heterocycles. The Balaban J connectivity index is 1.92. The first kappa shape index (κ1) is 11.0. The Bertz CT molecular complexity index is 456. The number of rotatable bonds is 4. The average Bonchev–Trinajstić information content (AvgIpc) is 2.77. The van der Waals surface area contributed by atoms with Crippen molar-refractivity contribution in [2.24, 2.45) is 0 Å². The molecule has 2 N–H and O–H groups in total. The van der Waals surface area contributed by atoms with Gasteiger partial charge in [-0.05, 0) is 23.6 Å².